The summed E-state index contributed by atoms with van der Waals surface area (Å²) in [7, 11) is 0. The second kappa shape index (κ2) is 8.80. The van der Waals surface area contributed by atoms with Crippen LogP contribution >= 0.6 is 23.1 Å². The number of benzene rings is 1. The molecule has 1 aromatic heterocycles. The Bertz CT molecular complexity index is 964. The molecule has 2 aromatic rings. The highest BCUT2D eigenvalue weighted by Crippen LogP contribution is 2.39. The van der Waals surface area contributed by atoms with E-state index in [1.807, 2.05) is 0 Å². The molecule has 2 heterocycles. The number of anilines is 1. The minimum absolute atomic E-state index is 0.0424. The van der Waals surface area contributed by atoms with Crippen LogP contribution in [0.25, 0.3) is 0 Å². The minimum atomic E-state index is -0.582. The Hall–Kier alpha value is -2.64. The third kappa shape index (κ3) is 4.86. The van der Waals surface area contributed by atoms with Crippen LogP contribution in [0.3, 0.4) is 0 Å². The molecule has 3 rings (SSSR count). The Morgan fingerprint density at radius 1 is 1.48 bits per heavy atom. The summed E-state index contributed by atoms with van der Waals surface area (Å²) in [5.74, 6) is -0.659. The van der Waals surface area contributed by atoms with Gasteiger partial charge in [0.05, 0.1) is 0 Å². The monoisotopic (exact) mass is 455 g/mol. The van der Waals surface area contributed by atoms with Crippen molar-refractivity contribution in [1.29, 1.82) is 0 Å². The first-order chi connectivity index (χ1) is 13.8. The van der Waals surface area contributed by atoms with Crippen LogP contribution in [0.5, 0.6) is 11.5 Å². The number of hydrazine groups is 2. The SMILES string of the molecule is CC(C)ON=C(C(=O)NN1C(c2ccc(O)c(O)c2)SC[N+]1=S)c1csc(N)n1. The quantitative estimate of drug-likeness (QED) is 0.222. The van der Waals surface area contributed by atoms with E-state index in [4.69, 9.17) is 23.0 Å². The van der Waals surface area contributed by atoms with Crippen molar-refractivity contribution >= 4 is 52.3 Å². The average Bonchev–Trinajstić information content (AvgIpc) is 3.24. The largest absolute Gasteiger partial charge is 0.504 e. The predicted molar refractivity (Wildman–Crippen MR) is 112 cm³/mol. The molecule has 1 atom stereocenters. The van der Waals surface area contributed by atoms with Gasteiger partial charge in [0.2, 0.25) is 5.88 Å². The lowest BCUT2D eigenvalue weighted by atomic mass is 10.2. The zero-order valence-electron chi connectivity index (χ0n) is 15.5. The molecule has 0 spiro atoms. The number of nitrogens with one attached hydrogen (secondary N) is 1. The first kappa shape index (κ1) is 21.1. The molecule has 5 N–H and O–H groups in total. The first-order valence-electron chi connectivity index (χ1n) is 8.39. The Kier molecular flexibility index (Phi) is 6.39. The molecule has 13 heteroatoms. The molecular formula is C16H19N6O4S3+. The summed E-state index contributed by atoms with van der Waals surface area (Å²) in [6.07, 6.45) is -0.237. The highest BCUT2D eigenvalue weighted by molar-refractivity contribution is 7.99. The number of carbonyl (C=O) groups is 1. The number of carbonyl (C=O) groups excluding carboxylic acids is 1. The molecule has 1 aliphatic heterocycles. The van der Waals surface area contributed by atoms with E-state index in [1.54, 1.807) is 25.3 Å². The van der Waals surface area contributed by atoms with Gasteiger partial charge in [-0.05, 0) is 47.4 Å². The van der Waals surface area contributed by atoms with E-state index in [-0.39, 0.29) is 29.0 Å². The third-order valence-electron chi connectivity index (χ3n) is 3.64. The van der Waals surface area contributed by atoms with Crippen LogP contribution in [0, 0.1) is 0 Å². The highest BCUT2D eigenvalue weighted by atomic mass is 32.2. The number of aromatic nitrogens is 1. The first-order valence-corrected chi connectivity index (χ1v) is 10.7. The van der Waals surface area contributed by atoms with Crippen LogP contribution in [-0.2, 0) is 22.1 Å². The molecule has 0 aliphatic carbocycles. The molecule has 1 aromatic carbocycles. The number of nitrogen functional groups attached to an aromatic ring is 1. The van der Waals surface area contributed by atoms with Crippen LogP contribution in [-0.4, -0.2) is 48.0 Å². The average molecular weight is 456 g/mol. The maximum Gasteiger partial charge on any atom is 0.300 e. The van der Waals surface area contributed by atoms with Crippen molar-refractivity contribution in [2.24, 2.45) is 5.16 Å². The molecule has 1 unspecified atom stereocenters. The summed E-state index contributed by atoms with van der Waals surface area (Å²) in [6, 6.07) is 4.43. The van der Waals surface area contributed by atoms with Crippen molar-refractivity contribution in [3.63, 3.8) is 0 Å². The van der Waals surface area contributed by atoms with Crippen LogP contribution in [0.15, 0.2) is 28.7 Å². The Morgan fingerprint density at radius 2 is 2.24 bits per heavy atom. The second-order valence-corrected chi connectivity index (χ2v) is 8.55. The van der Waals surface area contributed by atoms with Crippen LogP contribution in [0.4, 0.5) is 5.13 Å². The van der Waals surface area contributed by atoms with Gasteiger partial charge in [-0.2, -0.15) is 0 Å². The lowest BCUT2D eigenvalue weighted by Gasteiger charge is -2.19. The van der Waals surface area contributed by atoms with Crippen molar-refractivity contribution in [2.45, 2.75) is 25.3 Å². The normalized spacial score (nSPS) is 17.1. The van der Waals surface area contributed by atoms with Crippen molar-refractivity contribution in [1.82, 2.24) is 15.5 Å². The Balaban J connectivity index is 1.85. The zero-order chi connectivity index (χ0) is 21.1. The molecule has 0 saturated carbocycles. The smallest absolute Gasteiger partial charge is 0.300 e. The van der Waals surface area contributed by atoms with E-state index < -0.39 is 11.3 Å². The van der Waals surface area contributed by atoms with Crippen molar-refractivity contribution < 1.29 is 23.9 Å². The summed E-state index contributed by atoms with van der Waals surface area (Å²) in [6.45, 7) is 3.56. The van der Waals surface area contributed by atoms with E-state index >= 15 is 0 Å². The fourth-order valence-electron chi connectivity index (χ4n) is 2.35. The lowest BCUT2D eigenvalue weighted by molar-refractivity contribution is -0.658. The number of phenolic OH excluding ortho intramolecular Hbond substituents is 2. The number of phenols is 2. The number of aromatic hydroxyl groups is 2. The van der Waals surface area contributed by atoms with Gasteiger partial charge in [0.25, 0.3) is 18.3 Å². The van der Waals surface area contributed by atoms with Gasteiger partial charge in [-0.1, -0.05) is 16.3 Å². The molecule has 1 saturated heterocycles. The molecule has 10 nitrogen and oxygen atoms in total. The fraction of sp³-hybridized carbons (Fsp3) is 0.312. The number of nitrogens with zero attached hydrogens (tertiary/aromatic N) is 4. The molecule has 1 fully saturated rings. The standard InChI is InChI=1S/C16H18N6O4S3/c1-8(2)26-20-13(10-6-28-16(17)18-10)14(25)19-22-15(29-7-21(22)27)9-3-4-11(23)12(24)5-9/h3-6,8,15H,7H2,1-2H3,(H4-,17,18,19,20,23,24,25)/p+1. The fourth-order valence-corrected chi connectivity index (χ4v) is 4.31. The molecule has 29 heavy (non-hydrogen) atoms. The van der Waals surface area contributed by atoms with E-state index in [0.29, 0.717) is 16.6 Å². The van der Waals surface area contributed by atoms with E-state index in [2.05, 4.69) is 15.6 Å². The molecule has 1 aliphatic rings. The van der Waals surface area contributed by atoms with Gasteiger partial charge in [0, 0.05) is 5.38 Å². The topological polar surface area (TPSA) is 136 Å². The second-order valence-electron chi connectivity index (χ2n) is 6.20. The van der Waals surface area contributed by atoms with E-state index in [9.17, 15) is 15.0 Å². The summed E-state index contributed by atoms with van der Waals surface area (Å²) in [4.78, 5) is 22.3. The maximum atomic E-state index is 13.0. The van der Waals surface area contributed by atoms with Gasteiger partial charge in [-0.3, -0.25) is 4.79 Å². The van der Waals surface area contributed by atoms with Gasteiger partial charge >= 0.3 is 0 Å². The number of oxime groups is 1. The van der Waals surface area contributed by atoms with Crippen molar-refractivity contribution in [3.05, 3.63) is 34.8 Å². The van der Waals surface area contributed by atoms with E-state index in [0.717, 1.165) is 0 Å². The van der Waals surface area contributed by atoms with Crippen LogP contribution in [0.1, 0.15) is 30.5 Å². The predicted octanol–water partition coefficient (Wildman–Crippen LogP) is 1.66. The van der Waals surface area contributed by atoms with Crippen LogP contribution < -0.4 is 11.2 Å². The highest BCUT2D eigenvalue weighted by Gasteiger charge is 2.40. The number of hydrogen-bond acceptors (Lipinski definition) is 10. The summed E-state index contributed by atoms with van der Waals surface area (Å²) in [5, 5.41) is 26.2. The molecule has 0 radical (unpaired) electrons. The van der Waals surface area contributed by atoms with Crippen molar-refractivity contribution in [2.75, 3.05) is 11.6 Å². The number of nitrogens with two attached hydrogens (primary N) is 1. The summed E-state index contributed by atoms with van der Waals surface area (Å²) >= 11 is 7.91. The van der Waals surface area contributed by atoms with Gasteiger partial charge in [-0.25, -0.2) is 10.4 Å². The zero-order valence-corrected chi connectivity index (χ0v) is 17.9. The Labute approximate surface area is 180 Å². The Morgan fingerprint density at radius 3 is 2.86 bits per heavy atom. The number of thiazole rings is 1. The number of thioether (sulfide) groups is 1. The lowest BCUT2D eigenvalue weighted by Crippen LogP contribution is -2.48. The summed E-state index contributed by atoms with van der Waals surface area (Å²) in [5.41, 5.74) is 9.27. The molecule has 0 bridgehead atoms. The van der Waals surface area contributed by atoms with Crippen LogP contribution in [0.2, 0.25) is 0 Å². The van der Waals surface area contributed by atoms with Gasteiger partial charge in [0.1, 0.15) is 11.8 Å². The van der Waals surface area contributed by atoms with Gasteiger partial charge < -0.3 is 20.8 Å². The van der Waals surface area contributed by atoms with E-state index in [1.165, 1.54) is 44.4 Å². The number of amides is 1. The molecule has 154 valence electrons. The number of hydrogen-bond donors (Lipinski definition) is 4. The maximum absolute atomic E-state index is 13.0. The summed E-state index contributed by atoms with van der Waals surface area (Å²) < 4.78 is 1.40. The third-order valence-corrected chi connectivity index (χ3v) is 5.96. The molecule has 1 amide bonds. The van der Waals surface area contributed by atoms with Crippen molar-refractivity contribution in [3.8, 4) is 11.5 Å². The minimum Gasteiger partial charge on any atom is -0.504 e. The number of rotatable bonds is 6. The van der Waals surface area contributed by atoms with Gasteiger partial charge in [-0.15, -0.1) is 11.3 Å². The van der Waals surface area contributed by atoms with Gasteiger partial charge in [0.15, 0.2) is 27.7 Å². The molecular weight excluding hydrogens is 436 g/mol.